The van der Waals surface area contributed by atoms with Crippen LogP contribution < -0.4 is 4.72 Å². The summed E-state index contributed by atoms with van der Waals surface area (Å²) in [5, 5.41) is -0.394. The molecular formula is C10H12BrNO2S. The first-order valence-corrected chi connectivity index (χ1v) is 7.10. The van der Waals surface area contributed by atoms with E-state index in [1.807, 2.05) is 18.2 Å². The van der Waals surface area contributed by atoms with Crippen LogP contribution in [0.5, 0.6) is 0 Å². The van der Waals surface area contributed by atoms with E-state index in [1.54, 1.807) is 0 Å². The minimum Gasteiger partial charge on any atom is -0.218 e. The highest BCUT2D eigenvalue weighted by Gasteiger charge is 2.33. The maximum absolute atomic E-state index is 11.7. The van der Waals surface area contributed by atoms with Gasteiger partial charge in [0.25, 0.3) is 0 Å². The van der Waals surface area contributed by atoms with Crippen molar-refractivity contribution >= 4 is 26.0 Å². The van der Waals surface area contributed by atoms with Crippen molar-refractivity contribution in [1.82, 2.24) is 4.72 Å². The number of hydrogen-bond acceptors (Lipinski definition) is 2. The zero-order valence-electron chi connectivity index (χ0n) is 8.33. The molecule has 1 unspecified atom stereocenters. The first-order chi connectivity index (χ1) is 7.06. The van der Waals surface area contributed by atoms with Crippen LogP contribution >= 0.6 is 15.9 Å². The molecule has 5 heteroatoms. The monoisotopic (exact) mass is 289 g/mol. The highest BCUT2D eigenvalue weighted by Crippen LogP contribution is 2.39. The van der Waals surface area contributed by atoms with Crippen molar-refractivity contribution in [3.8, 4) is 0 Å². The zero-order valence-corrected chi connectivity index (χ0v) is 10.7. The van der Waals surface area contributed by atoms with Gasteiger partial charge >= 0.3 is 0 Å². The SMILES string of the molecule is CNS(=O)(=O)C1CCc2c(Br)cccc21. The van der Waals surface area contributed by atoms with Crippen molar-refractivity contribution in [3.05, 3.63) is 33.8 Å². The Balaban J connectivity index is 2.51. The predicted octanol–water partition coefficient (Wildman–Crippen LogP) is 1.99. The van der Waals surface area contributed by atoms with Crippen molar-refractivity contribution in [3.63, 3.8) is 0 Å². The second kappa shape index (κ2) is 3.88. The molecule has 0 amide bonds. The minimum atomic E-state index is -3.20. The van der Waals surface area contributed by atoms with E-state index in [9.17, 15) is 8.42 Å². The van der Waals surface area contributed by atoms with Crippen LogP contribution in [0.15, 0.2) is 22.7 Å². The van der Waals surface area contributed by atoms with Crippen molar-refractivity contribution in [2.24, 2.45) is 0 Å². The zero-order chi connectivity index (χ0) is 11.1. The van der Waals surface area contributed by atoms with Crippen LogP contribution in [-0.2, 0) is 16.4 Å². The second-order valence-corrected chi connectivity index (χ2v) is 6.51. The van der Waals surface area contributed by atoms with Crippen molar-refractivity contribution < 1.29 is 8.42 Å². The molecule has 1 aromatic rings. The minimum absolute atomic E-state index is 0.394. The van der Waals surface area contributed by atoms with Gasteiger partial charge in [0.2, 0.25) is 10.0 Å². The Hall–Kier alpha value is -0.390. The molecule has 0 radical (unpaired) electrons. The molecule has 3 nitrogen and oxygen atoms in total. The molecular weight excluding hydrogens is 278 g/mol. The Morgan fingerprint density at radius 3 is 2.87 bits per heavy atom. The third-order valence-electron chi connectivity index (χ3n) is 2.82. The highest BCUT2D eigenvalue weighted by molar-refractivity contribution is 9.10. The average molecular weight is 290 g/mol. The van der Waals surface area contributed by atoms with Crippen LogP contribution in [0.2, 0.25) is 0 Å². The molecule has 1 N–H and O–H groups in total. The molecule has 15 heavy (non-hydrogen) atoms. The molecule has 0 saturated heterocycles. The van der Waals surface area contributed by atoms with Gasteiger partial charge in [-0.3, -0.25) is 0 Å². The lowest BCUT2D eigenvalue weighted by molar-refractivity contribution is 0.572. The summed E-state index contributed by atoms with van der Waals surface area (Å²) in [5.74, 6) is 0. The van der Waals surface area contributed by atoms with E-state index in [-0.39, 0.29) is 0 Å². The van der Waals surface area contributed by atoms with Crippen LogP contribution in [0, 0.1) is 0 Å². The summed E-state index contributed by atoms with van der Waals surface area (Å²) in [6.07, 6.45) is 1.49. The highest BCUT2D eigenvalue weighted by atomic mass is 79.9. The number of sulfonamides is 1. The third kappa shape index (κ3) is 1.84. The molecule has 82 valence electrons. The summed E-state index contributed by atoms with van der Waals surface area (Å²) < 4.78 is 26.9. The van der Waals surface area contributed by atoms with Gasteiger partial charge < -0.3 is 0 Å². The lowest BCUT2D eigenvalue weighted by atomic mass is 10.1. The Morgan fingerprint density at radius 2 is 2.20 bits per heavy atom. The molecule has 1 aliphatic rings. The maximum Gasteiger partial charge on any atom is 0.218 e. The molecule has 0 saturated carbocycles. The molecule has 0 aliphatic heterocycles. The molecule has 0 bridgehead atoms. The van der Waals surface area contributed by atoms with Gasteiger partial charge in [-0.25, -0.2) is 13.1 Å². The van der Waals surface area contributed by atoms with Crippen LogP contribution in [-0.4, -0.2) is 15.5 Å². The van der Waals surface area contributed by atoms with Gasteiger partial charge in [-0.15, -0.1) is 0 Å². The number of nitrogens with one attached hydrogen (secondary N) is 1. The number of rotatable bonds is 2. The van der Waals surface area contributed by atoms with Gasteiger partial charge in [0, 0.05) is 4.47 Å². The van der Waals surface area contributed by atoms with Gasteiger partial charge in [-0.1, -0.05) is 28.1 Å². The van der Waals surface area contributed by atoms with Gasteiger partial charge in [-0.05, 0) is 37.1 Å². The largest absolute Gasteiger partial charge is 0.218 e. The predicted molar refractivity (Wildman–Crippen MR) is 63.2 cm³/mol. The lowest BCUT2D eigenvalue weighted by Gasteiger charge is -2.11. The van der Waals surface area contributed by atoms with Crippen LogP contribution in [0.3, 0.4) is 0 Å². The maximum atomic E-state index is 11.7. The van der Waals surface area contributed by atoms with Crippen LogP contribution in [0.4, 0.5) is 0 Å². The first-order valence-electron chi connectivity index (χ1n) is 4.76. The quantitative estimate of drug-likeness (QED) is 0.905. The van der Waals surface area contributed by atoms with Gasteiger partial charge in [0.05, 0.1) is 0 Å². The van der Waals surface area contributed by atoms with Gasteiger partial charge in [-0.2, -0.15) is 0 Å². The van der Waals surface area contributed by atoms with Crippen molar-refractivity contribution in [2.75, 3.05) is 7.05 Å². The van der Waals surface area contributed by atoms with Crippen molar-refractivity contribution in [1.29, 1.82) is 0 Å². The van der Waals surface area contributed by atoms with E-state index in [0.29, 0.717) is 6.42 Å². The van der Waals surface area contributed by atoms with E-state index >= 15 is 0 Å². The van der Waals surface area contributed by atoms with Gasteiger partial charge in [0.15, 0.2) is 0 Å². The molecule has 1 aromatic carbocycles. The summed E-state index contributed by atoms with van der Waals surface area (Å²) in [6, 6.07) is 5.73. The number of fused-ring (bicyclic) bond motifs is 1. The Bertz CT molecular complexity index is 484. The second-order valence-electron chi connectivity index (χ2n) is 3.58. The summed E-state index contributed by atoms with van der Waals surface area (Å²) in [7, 11) is -1.74. The lowest BCUT2D eigenvalue weighted by Crippen LogP contribution is -2.24. The fourth-order valence-electron chi connectivity index (χ4n) is 2.04. The standard InChI is InChI=1S/C10H12BrNO2S/c1-12-15(13,14)10-6-5-7-8(10)3-2-4-9(7)11/h2-4,10,12H,5-6H2,1H3. The fraction of sp³-hybridized carbons (Fsp3) is 0.400. The normalized spacial score (nSPS) is 20.3. The average Bonchev–Trinajstić information content (AvgIpc) is 2.63. The molecule has 0 heterocycles. The molecule has 0 fully saturated rings. The number of hydrogen-bond donors (Lipinski definition) is 1. The molecule has 0 spiro atoms. The molecule has 2 rings (SSSR count). The number of benzene rings is 1. The van der Waals surface area contributed by atoms with Crippen molar-refractivity contribution in [2.45, 2.75) is 18.1 Å². The summed E-state index contributed by atoms with van der Waals surface area (Å²) in [4.78, 5) is 0. The third-order valence-corrected chi connectivity index (χ3v) is 5.37. The van der Waals surface area contributed by atoms with E-state index in [4.69, 9.17) is 0 Å². The van der Waals surface area contributed by atoms with Gasteiger partial charge in [0.1, 0.15) is 5.25 Å². The molecule has 1 aliphatic carbocycles. The smallest absolute Gasteiger partial charge is 0.218 e. The van der Waals surface area contributed by atoms with E-state index in [2.05, 4.69) is 20.7 Å². The summed E-state index contributed by atoms with van der Waals surface area (Å²) in [6.45, 7) is 0. The molecule has 0 aromatic heterocycles. The Kier molecular flexibility index (Phi) is 2.87. The van der Waals surface area contributed by atoms with E-state index < -0.39 is 15.3 Å². The van der Waals surface area contributed by atoms with E-state index in [0.717, 1.165) is 22.0 Å². The van der Waals surface area contributed by atoms with Crippen LogP contribution in [0.25, 0.3) is 0 Å². The fourth-order valence-corrected chi connectivity index (χ4v) is 3.88. The topological polar surface area (TPSA) is 46.2 Å². The first kappa shape index (κ1) is 11.1. The Morgan fingerprint density at radius 1 is 1.47 bits per heavy atom. The summed E-state index contributed by atoms with van der Waals surface area (Å²) >= 11 is 3.45. The van der Waals surface area contributed by atoms with Crippen LogP contribution in [0.1, 0.15) is 22.8 Å². The summed E-state index contributed by atoms with van der Waals surface area (Å²) in [5.41, 5.74) is 2.06. The molecule has 1 atom stereocenters. The Labute approximate surface area is 98.1 Å². The number of halogens is 1. The van der Waals surface area contributed by atoms with E-state index in [1.165, 1.54) is 7.05 Å².